The van der Waals surface area contributed by atoms with Crippen LogP contribution in [0.4, 0.5) is 5.69 Å². The second-order valence-corrected chi connectivity index (χ2v) is 5.28. The van der Waals surface area contributed by atoms with Crippen LogP contribution < -0.4 is 11.1 Å². The normalized spacial score (nSPS) is 10.3. The van der Waals surface area contributed by atoms with Gasteiger partial charge >= 0.3 is 5.97 Å². The summed E-state index contributed by atoms with van der Waals surface area (Å²) < 4.78 is 4.94. The van der Waals surface area contributed by atoms with Crippen molar-refractivity contribution in [3.05, 3.63) is 66.0 Å². The molecule has 0 unspecified atom stereocenters. The zero-order valence-electron chi connectivity index (χ0n) is 13.5. The van der Waals surface area contributed by atoms with Crippen molar-refractivity contribution in [3.8, 4) is 0 Å². The number of anilines is 1. The Morgan fingerprint density at radius 2 is 1.69 bits per heavy atom. The highest BCUT2D eigenvalue weighted by molar-refractivity contribution is 6.03. The standard InChI is InChI=1S/C18H14N4O4/c19-17(24)11-5-1-2-6-12(11)22-16(23)10-26-18(25)15-9-20-13-7-3-4-8-14(13)21-15/h1-9H,10H2,(H2,19,24)(H,22,23). The fourth-order valence-corrected chi connectivity index (χ4v) is 2.25. The molecule has 130 valence electrons. The van der Waals surface area contributed by atoms with Gasteiger partial charge in [0.15, 0.2) is 12.3 Å². The van der Waals surface area contributed by atoms with Crippen LogP contribution in [0.2, 0.25) is 0 Å². The summed E-state index contributed by atoms with van der Waals surface area (Å²) in [4.78, 5) is 43.6. The predicted octanol–water partition coefficient (Wildman–Crippen LogP) is 1.52. The summed E-state index contributed by atoms with van der Waals surface area (Å²) in [5.74, 6) is -2.06. The number of carbonyl (C=O) groups excluding carboxylic acids is 3. The number of esters is 1. The van der Waals surface area contributed by atoms with Crippen molar-refractivity contribution in [1.29, 1.82) is 0 Å². The first-order valence-electron chi connectivity index (χ1n) is 7.62. The molecule has 0 atom stereocenters. The van der Waals surface area contributed by atoms with Gasteiger partial charge in [-0.3, -0.25) is 14.6 Å². The van der Waals surface area contributed by atoms with Crippen molar-refractivity contribution in [2.24, 2.45) is 5.73 Å². The smallest absolute Gasteiger partial charge is 0.359 e. The molecular weight excluding hydrogens is 336 g/mol. The van der Waals surface area contributed by atoms with E-state index in [1.807, 2.05) is 6.07 Å². The summed E-state index contributed by atoms with van der Waals surface area (Å²) in [5, 5.41) is 2.48. The lowest BCUT2D eigenvalue weighted by molar-refractivity contribution is -0.119. The third-order valence-corrected chi connectivity index (χ3v) is 3.46. The van der Waals surface area contributed by atoms with Gasteiger partial charge in [-0.05, 0) is 24.3 Å². The van der Waals surface area contributed by atoms with E-state index in [9.17, 15) is 14.4 Å². The van der Waals surface area contributed by atoms with Crippen LogP contribution in [-0.4, -0.2) is 34.4 Å². The average Bonchev–Trinajstić information content (AvgIpc) is 2.66. The number of rotatable bonds is 5. The van der Waals surface area contributed by atoms with Crippen LogP contribution in [0.1, 0.15) is 20.8 Å². The van der Waals surface area contributed by atoms with Crippen molar-refractivity contribution in [1.82, 2.24) is 9.97 Å². The summed E-state index contributed by atoms with van der Waals surface area (Å²) in [5.41, 5.74) is 6.83. The number of carbonyl (C=O) groups is 3. The second-order valence-electron chi connectivity index (χ2n) is 5.28. The Kier molecular flexibility index (Phi) is 4.84. The van der Waals surface area contributed by atoms with Crippen molar-refractivity contribution in [2.45, 2.75) is 0 Å². The van der Waals surface area contributed by atoms with Crippen LogP contribution in [0, 0.1) is 0 Å². The SMILES string of the molecule is NC(=O)c1ccccc1NC(=O)COC(=O)c1cnc2ccccc2n1. The van der Waals surface area contributed by atoms with E-state index in [1.54, 1.807) is 30.3 Å². The highest BCUT2D eigenvalue weighted by Gasteiger charge is 2.15. The van der Waals surface area contributed by atoms with E-state index < -0.39 is 24.4 Å². The number of hydrogen-bond acceptors (Lipinski definition) is 6. The van der Waals surface area contributed by atoms with E-state index >= 15 is 0 Å². The molecule has 0 aliphatic carbocycles. The molecule has 8 nitrogen and oxygen atoms in total. The fourth-order valence-electron chi connectivity index (χ4n) is 2.25. The highest BCUT2D eigenvalue weighted by atomic mass is 16.5. The number of nitrogens with two attached hydrogens (primary N) is 1. The van der Waals surface area contributed by atoms with Gasteiger partial charge in [-0.25, -0.2) is 9.78 Å². The van der Waals surface area contributed by atoms with Crippen LogP contribution in [0.5, 0.6) is 0 Å². The Hall–Kier alpha value is -3.81. The van der Waals surface area contributed by atoms with Gasteiger partial charge in [-0.2, -0.15) is 0 Å². The van der Waals surface area contributed by atoms with Gasteiger partial charge in [-0.15, -0.1) is 0 Å². The lowest BCUT2D eigenvalue weighted by Crippen LogP contribution is -2.23. The molecule has 2 aromatic carbocycles. The van der Waals surface area contributed by atoms with E-state index in [0.717, 1.165) is 0 Å². The molecule has 1 heterocycles. The quantitative estimate of drug-likeness (QED) is 0.672. The molecule has 1 aromatic heterocycles. The monoisotopic (exact) mass is 350 g/mol. The minimum absolute atomic E-state index is 0.00552. The Balaban J connectivity index is 1.63. The first kappa shape index (κ1) is 17.0. The second kappa shape index (κ2) is 7.39. The number of amides is 2. The van der Waals surface area contributed by atoms with Gasteiger partial charge in [0.2, 0.25) is 0 Å². The van der Waals surface area contributed by atoms with Crippen molar-refractivity contribution < 1.29 is 19.1 Å². The van der Waals surface area contributed by atoms with Gasteiger partial charge in [0, 0.05) is 0 Å². The number of hydrogen-bond donors (Lipinski definition) is 2. The molecule has 0 saturated heterocycles. The number of primary amides is 1. The van der Waals surface area contributed by atoms with Gasteiger partial charge < -0.3 is 15.8 Å². The Morgan fingerprint density at radius 1 is 1.00 bits per heavy atom. The number of para-hydroxylation sites is 3. The summed E-state index contributed by atoms with van der Waals surface area (Å²) >= 11 is 0. The molecule has 0 bridgehead atoms. The third-order valence-electron chi connectivity index (χ3n) is 3.46. The Morgan fingerprint density at radius 3 is 2.46 bits per heavy atom. The van der Waals surface area contributed by atoms with E-state index in [2.05, 4.69) is 15.3 Å². The summed E-state index contributed by atoms with van der Waals surface area (Å²) in [7, 11) is 0. The molecule has 0 spiro atoms. The summed E-state index contributed by atoms with van der Waals surface area (Å²) in [6, 6.07) is 13.3. The van der Waals surface area contributed by atoms with E-state index in [1.165, 1.54) is 18.3 Å². The first-order valence-corrected chi connectivity index (χ1v) is 7.62. The van der Waals surface area contributed by atoms with Crippen molar-refractivity contribution in [3.63, 3.8) is 0 Å². The lowest BCUT2D eigenvalue weighted by Gasteiger charge is -2.09. The summed E-state index contributed by atoms with van der Waals surface area (Å²) in [6.45, 7) is -0.541. The minimum Gasteiger partial charge on any atom is -0.451 e. The fraction of sp³-hybridized carbons (Fsp3) is 0.0556. The Bertz CT molecular complexity index is 1000. The summed E-state index contributed by atoms with van der Waals surface area (Å²) in [6.07, 6.45) is 1.28. The highest BCUT2D eigenvalue weighted by Crippen LogP contribution is 2.14. The molecular formula is C18H14N4O4. The van der Waals surface area contributed by atoms with Gasteiger partial charge in [0.05, 0.1) is 28.5 Å². The molecule has 8 heteroatoms. The molecule has 26 heavy (non-hydrogen) atoms. The first-order chi connectivity index (χ1) is 12.5. The number of nitrogens with one attached hydrogen (secondary N) is 1. The predicted molar refractivity (Wildman–Crippen MR) is 93.4 cm³/mol. The van der Waals surface area contributed by atoms with Gasteiger partial charge in [-0.1, -0.05) is 24.3 Å². The lowest BCUT2D eigenvalue weighted by atomic mass is 10.1. The molecule has 0 radical (unpaired) electrons. The zero-order chi connectivity index (χ0) is 18.5. The molecule has 2 amide bonds. The number of nitrogens with zero attached hydrogens (tertiary/aromatic N) is 2. The maximum atomic E-state index is 12.0. The molecule has 0 aliphatic rings. The largest absolute Gasteiger partial charge is 0.451 e. The number of aromatic nitrogens is 2. The van der Waals surface area contributed by atoms with Gasteiger partial charge in [0.1, 0.15) is 0 Å². The van der Waals surface area contributed by atoms with Crippen LogP contribution in [0.3, 0.4) is 0 Å². The molecule has 0 fully saturated rings. The maximum absolute atomic E-state index is 12.0. The van der Waals surface area contributed by atoms with E-state index in [0.29, 0.717) is 11.0 Å². The van der Waals surface area contributed by atoms with E-state index in [4.69, 9.17) is 10.5 Å². The molecule has 0 saturated carbocycles. The Labute approximate surface area is 148 Å². The van der Waals surface area contributed by atoms with Crippen molar-refractivity contribution >= 4 is 34.5 Å². The number of ether oxygens (including phenoxy) is 1. The van der Waals surface area contributed by atoms with Crippen LogP contribution in [-0.2, 0) is 9.53 Å². The van der Waals surface area contributed by atoms with Crippen LogP contribution in [0.15, 0.2) is 54.7 Å². The average molecular weight is 350 g/mol. The maximum Gasteiger partial charge on any atom is 0.359 e. The molecule has 3 N–H and O–H groups in total. The minimum atomic E-state index is -0.776. The molecule has 3 rings (SSSR count). The van der Waals surface area contributed by atoms with Crippen LogP contribution >= 0.6 is 0 Å². The molecule has 0 aliphatic heterocycles. The third kappa shape index (κ3) is 3.81. The number of fused-ring (bicyclic) bond motifs is 1. The van der Waals surface area contributed by atoms with E-state index in [-0.39, 0.29) is 16.9 Å². The number of benzene rings is 2. The van der Waals surface area contributed by atoms with Crippen LogP contribution in [0.25, 0.3) is 11.0 Å². The van der Waals surface area contributed by atoms with Gasteiger partial charge in [0.25, 0.3) is 11.8 Å². The topological polar surface area (TPSA) is 124 Å². The van der Waals surface area contributed by atoms with Crippen molar-refractivity contribution in [2.75, 3.05) is 11.9 Å². The zero-order valence-corrected chi connectivity index (χ0v) is 13.5. The molecule has 3 aromatic rings.